The first-order valence-corrected chi connectivity index (χ1v) is 13.7. The van der Waals surface area contributed by atoms with Crippen molar-refractivity contribution in [2.24, 2.45) is 5.10 Å². The van der Waals surface area contributed by atoms with Gasteiger partial charge >= 0.3 is 5.97 Å². The van der Waals surface area contributed by atoms with Gasteiger partial charge in [-0.3, -0.25) is 4.79 Å². The van der Waals surface area contributed by atoms with Gasteiger partial charge in [-0.25, -0.2) is 10.2 Å². The number of ether oxygens (including phenoxy) is 4. The number of nitrogens with zero attached hydrogens (tertiary/aromatic N) is 1. The van der Waals surface area contributed by atoms with E-state index >= 15 is 0 Å². The van der Waals surface area contributed by atoms with E-state index in [0.29, 0.717) is 45.7 Å². The highest BCUT2D eigenvalue weighted by Crippen LogP contribution is 2.36. The zero-order valence-corrected chi connectivity index (χ0v) is 24.4. The Balaban J connectivity index is 1.38. The summed E-state index contributed by atoms with van der Waals surface area (Å²) in [5, 5.41) is 5.38. The predicted octanol–water partition coefficient (Wildman–Crippen LogP) is 6.89. The number of hydrazone groups is 1. The van der Waals surface area contributed by atoms with Gasteiger partial charge in [-0.15, -0.1) is 0 Å². The number of aromatic amines is 1. The monoisotopic (exact) mass is 597 g/mol. The Bertz CT molecular complexity index is 1820. The molecule has 43 heavy (non-hydrogen) atoms. The number of nitrogens with one attached hydrogen (secondary N) is 2. The van der Waals surface area contributed by atoms with Crippen LogP contribution in [0, 0.1) is 0 Å². The largest absolute Gasteiger partial charge is 0.496 e. The van der Waals surface area contributed by atoms with E-state index in [2.05, 4.69) is 15.5 Å². The normalized spacial score (nSPS) is 11.0. The minimum Gasteiger partial charge on any atom is -0.496 e. The van der Waals surface area contributed by atoms with Crippen LogP contribution in [0.1, 0.15) is 33.3 Å². The maximum Gasteiger partial charge on any atom is 0.347 e. The number of H-pyrrole nitrogens is 1. The number of amides is 1. The van der Waals surface area contributed by atoms with Crippen molar-refractivity contribution in [3.63, 3.8) is 0 Å². The van der Waals surface area contributed by atoms with Crippen LogP contribution in [-0.4, -0.2) is 43.9 Å². The molecule has 5 aromatic rings. The molecule has 9 nitrogen and oxygen atoms in total. The third kappa shape index (κ3) is 6.32. The number of rotatable bonds is 10. The van der Waals surface area contributed by atoms with Gasteiger partial charge in [-0.05, 0) is 60.5 Å². The molecule has 5 rings (SSSR count). The Morgan fingerprint density at radius 3 is 2.40 bits per heavy atom. The first-order valence-electron chi connectivity index (χ1n) is 13.3. The molecule has 0 aliphatic carbocycles. The molecule has 1 aromatic heterocycles. The van der Waals surface area contributed by atoms with Gasteiger partial charge in [0, 0.05) is 16.0 Å². The van der Waals surface area contributed by atoms with Crippen LogP contribution in [0.15, 0.2) is 90.0 Å². The summed E-state index contributed by atoms with van der Waals surface area (Å²) in [6.07, 6.45) is 1.47. The van der Waals surface area contributed by atoms with Crippen LogP contribution >= 0.6 is 11.6 Å². The van der Waals surface area contributed by atoms with Gasteiger partial charge in [0.25, 0.3) is 5.91 Å². The molecule has 0 fully saturated rings. The zero-order valence-electron chi connectivity index (χ0n) is 23.6. The summed E-state index contributed by atoms with van der Waals surface area (Å²) in [6.45, 7) is 2.14. The van der Waals surface area contributed by atoms with E-state index in [4.69, 9.17) is 30.5 Å². The highest BCUT2D eigenvalue weighted by Gasteiger charge is 2.21. The lowest BCUT2D eigenvalue weighted by Gasteiger charge is -2.13. The second-order valence-electron chi connectivity index (χ2n) is 9.20. The molecular weight excluding hydrogens is 570 g/mol. The standard InChI is InChI=1S/C33H28ClN3O6/c1-4-42-28-17-20(13-15-26(28)43-33(39)24-18-22(34)14-16-25(24)40-2)19-35-37-32(38)31-29(21-9-6-5-7-10-21)23-11-8-12-27(41-3)30(23)36-31/h5-19,36H,4H2,1-3H3,(H,37,38). The molecule has 218 valence electrons. The van der Waals surface area contributed by atoms with E-state index in [1.54, 1.807) is 37.4 Å². The summed E-state index contributed by atoms with van der Waals surface area (Å²) in [4.78, 5) is 29.5. The van der Waals surface area contributed by atoms with Crippen LogP contribution < -0.4 is 24.4 Å². The average molecular weight is 598 g/mol. The maximum atomic E-state index is 13.4. The number of benzene rings is 4. The highest BCUT2D eigenvalue weighted by molar-refractivity contribution is 6.31. The third-order valence-corrected chi connectivity index (χ3v) is 6.77. The molecule has 0 aliphatic heterocycles. The minimum absolute atomic E-state index is 0.176. The van der Waals surface area contributed by atoms with E-state index in [1.165, 1.54) is 19.4 Å². The Kier molecular flexibility index (Phi) is 8.93. The number of esters is 1. The highest BCUT2D eigenvalue weighted by atomic mass is 35.5. The molecule has 10 heteroatoms. The summed E-state index contributed by atoms with van der Waals surface area (Å²) in [5.41, 5.74) is 6.04. The number of methoxy groups -OCH3 is 2. The molecule has 1 amide bonds. The van der Waals surface area contributed by atoms with E-state index in [9.17, 15) is 9.59 Å². The number of carbonyl (C=O) groups is 2. The van der Waals surface area contributed by atoms with E-state index in [1.807, 2.05) is 55.5 Å². The molecule has 1 heterocycles. The molecule has 2 N–H and O–H groups in total. The number of carbonyl (C=O) groups excluding carboxylic acids is 2. The van der Waals surface area contributed by atoms with Crippen LogP contribution in [-0.2, 0) is 0 Å². The Morgan fingerprint density at radius 1 is 0.884 bits per heavy atom. The van der Waals surface area contributed by atoms with Gasteiger partial charge in [0.2, 0.25) is 0 Å². The number of hydrogen-bond donors (Lipinski definition) is 2. The number of aromatic nitrogens is 1. The van der Waals surface area contributed by atoms with Gasteiger partial charge in [0.05, 0.1) is 32.6 Å². The molecule has 4 aromatic carbocycles. The predicted molar refractivity (Wildman–Crippen MR) is 166 cm³/mol. The van der Waals surface area contributed by atoms with Crippen LogP contribution in [0.25, 0.3) is 22.0 Å². The molecule has 0 unspecified atom stereocenters. The molecule has 0 saturated carbocycles. The minimum atomic E-state index is -0.654. The fourth-order valence-electron chi connectivity index (χ4n) is 4.61. The summed E-state index contributed by atoms with van der Waals surface area (Å²) < 4.78 is 22.1. The number of fused-ring (bicyclic) bond motifs is 1. The van der Waals surface area contributed by atoms with Gasteiger partial charge in [0.15, 0.2) is 11.5 Å². The molecule has 0 radical (unpaired) electrons. The second kappa shape index (κ2) is 13.1. The summed E-state index contributed by atoms with van der Waals surface area (Å²) >= 11 is 6.07. The van der Waals surface area contributed by atoms with Crippen LogP contribution in [0.4, 0.5) is 0 Å². The lowest BCUT2D eigenvalue weighted by Crippen LogP contribution is -2.19. The smallest absolute Gasteiger partial charge is 0.347 e. The maximum absolute atomic E-state index is 13.4. The lowest BCUT2D eigenvalue weighted by atomic mass is 10.0. The van der Waals surface area contributed by atoms with Gasteiger partial charge in [-0.2, -0.15) is 5.10 Å². The van der Waals surface area contributed by atoms with Crippen molar-refractivity contribution < 1.29 is 28.5 Å². The van der Waals surface area contributed by atoms with Crippen molar-refractivity contribution >= 4 is 40.6 Å². The first-order chi connectivity index (χ1) is 20.9. The molecule has 0 spiro atoms. The van der Waals surface area contributed by atoms with E-state index in [0.717, 1.165) is 16.5 Å². The van der Waals surface area contributed by atoms with Crippen molar-refractivity contribution in [3.8, 4) is 34.1 Å². The quantitative estimate of drug-likeness (QED) is 0.0785. The van der Waals surface area contributed by atoms with Gasteiger partial charge < -0.3 is 23.9 Å². The second-order valence-corrected chi connectivity index (χ2v) is 9.63. The Hall–Kier alpha value is -5.28. The summed E-state index contributed by atoms with van der Waals surface area (Å²) in [6, 6.07) is 24.9. The fraction of sp³-hybridized carbons (Fsp3) is 0.121. The Morgan fingerprint density at radius 2 is 1.65 bits per heavy atom. The number of para-hydroxylation sites is 1. The molecule has 0 aliphatic rings. The topological polar surface area (TPSA) is 111 Å². The first kappa shape index (κ1) is 29.2. The SMILES string of the molecule is CCOc1cc(C=NNC(=O)c2[nH]c3c(OC)cccc3c2-c2ccccc2)ccc1OC(=O)c1cc(Cl)ccc1OC. The molecule has 0 atom stereocenters. The summed E-state index contributed by atoms with van der Waals surface area (Å²) in [7, 11) is 3.04. The third-order valence-electron chi connectivity index (χ3n) is 6.54. The van der Waals surface area contributed by atoms with E-state index < -0.39 is 11.9 Å². The van der Waals surface area contributed by atoms with Gasteiger partial charge in [0.1, 0.15) is 22.8 Å². The van der Waals surface area contributed by atoms with Gasteiger partial charge in [-0.1, -0.05) is 54.1 Å². The fourth-order valence-corrected chi connectivity index (χ4v) is 4.78. The average Bonchev–Trinajstić information content (AvgIpc) is 3.43. The number of hydrogen-bond acceptors (Lipinski definition) is 7. The zero-order chi connectivity index (χ0) is 30.3. The Labute approximate surface area is 253 Å². The number of halogens is 1. The van der Waals surface area contributed by atoms with Crippen LogP contribution in [0.5, 0.6) is 23.0 Å². The van der Waals surface area contributed by atoms with Crippen molar-refractivity contribution in [3.05, 3.63) is 107 Å². The van der Waals surface area contributed by atoms with Crippen molar-refractivity contribution in [1.29, 1.82) is 0 Å². The summed E-state index contributed by atoms with van der Waals surface area (Å²) in [5.74, 6) is 0.388. The van der Waals surface area contributed by atoms with Crippen molar-refractivity contribution in [2.45, 2.75) is 6.92 Å². The van der Waals surface area contributed by atoms with Crippen LogP contribution in [0.3, 0.4) is 0 Å². The molecular formula is C33H28ClN3O6. The van der Waals surface area contributed by atoms with E-state index in [-0.39, 0.29) is 11.3 Å². The molecule has 0 bridgehead atoms. The molecule has 0 saturated heterocycles. The lowest BCUT2D eigenvalue weighted by molar-refractivity contribution is 0.0724. The van der Waals surface area contributed by atoms with Crippen molar-refractivity contribution in [1.82, 2.24) is 10.4 Å². The van der Waals surface area contributed by atoms with Crippen LogP contribution in [0.2, 0.25) is 5.02 Å². The van der Waals surface area contributed by atoms with Crippen molar-refractivity contribution in [2.75, 3.05) is 20.8 Å².